The molecule has 1 N–H and O–H groups in total. The molecule has 1 heterocycles. The van der Waals surface area contributed by atoms with Crippen molar-refractivity contribution in [1.29, 1.82) is 0 Å². The molecule has 0 spiro atoms. The van der Waals surface area contributed by atoms with Gasteiger partial charge < -0.3 is 10.1 Å². The second-order valence-corrected chi connectivity index (χ2v) is 4.13. The van der Waals surface area contributed by atoms with Gasteiger partial charge in [0.25, 0.3) is 0 Å². The van der Waals surface area contributed by atoms with E-state index in [9.17, 15) is 0 Å². The van der Waals surface area contributed by atoms with Gasteiger partial charge in [-0.3, -0.25) is 4.98 Å². The molecule has 0 amide bonds. The van der Waals surface area contributed by atoms with Crippen LogP contribution >= 0.6 is 11.8 Å². The Labute approximate surface area is 88.3 Å². The molecule has 4 heteroatoms. The molecule has 3 nitrogen and oxygen atoms in total. The number of hydrogen-bond acceptors (Lipinski definition) is 4. The Morgan fingerprint density at radius 3 is 2.86 bits per heavy atom. The lowest BCUT2D eigenvalue weighted by molar-refractivity contribution is 0.303. The molecule has 2 rings (SSSR count). The summed E-state index contributed by atoms with van der Waals surface area (Å²) in [4.78, 5) is 5.29. The van der Waals surface area contributed by atoms with Gasteiger partial charge in [-0.25, -0.2) is 0 Å². The lowest BCUT2D eigenvalue weighted by atomic mass is 10.4. The summed E-state index contributed by atoms with van der Waals surface area (Å²) >= 11 is 1.68. The molecule has 0 atom stereocenters. The number of aromatic nitrogens is 1. The first-order valence-corrected chi connectivity index (χ1v) is 5.94. The standard InChI is InChI=1S/C10H14N2OS/c1-11-10-8(13-7-3-4-7)5-12-6-9(10)14-2/h5-7H,3-4H2,1-2H3,(H,11,12). The van der Waals surface area contributed by atoms with Crippen LogP contribution < -0.4 is 10.1 Å². The molecule has 0 unspecified atom stereocenters. The second kappa shape index (κ2) is 4.09. The summed E-state index contributed by atoms with van der Waals surface area (Å²) < 4.78 is 5.75. The summed E-state index contributed by atoms with van der Waals surface area (Å²) in [7, 11) is 1.91. The molecule has 1 fully saturated rings. The van der Waals surface area contributed by atoms with Gasteiger partial charge in [-0.2, -0.15) is 0 Å². The molecule has 1 aliphatic rings. The van der Waals surface area contributed by atoms with E-state index in [1.54, 1.807) is 18.0 Å². The fourth-order valence-electron chi connectivity index (χ4n) is 1.28. The third-order valence-corrected chi connectivity index (χ3v) is 2.91. The Balaban J connectivity index is 2.26. The van der Waals surface area contributed by atoms with Crippen LogP contribution in [0.5, 0.6) is 5.75 Å². The van der Waals surface area contributed by atoms with Crippen molar-refractivity contribution in [1.82, 2.24) is 4.98 Å². The summed E-state index contributed by atoms with van der Waals surface area (Å²) in [6.07, 6.45) is 8.44. The predicted octanol–water partition coefficient (Wildman–Crippen LogP) is 2.39. The number of anilines is 1. The molecule has 0 radical (unpaired) electrons. The molecular weight excluding hydrogens is 196 g/mol. The van der Waals surface area contributed by atoms with E-state index in [0.717, 1.165) is 16.3 Å². The SMILES string of the molecule is CNc1c(OC2CC2)cncc1SC. The largest absolute Gasteiger partial charge is 0.487 e. The number of rotatable bonds is 4. The Kier molecular flexibility index (Phi) is 2.82. The third kappa shape index (κ3) is 1.95. The number of nitrogens with zero attached hydrogens (tertiary/aromatic N) is 1. The molecule has 76 valence electrons. The van der Waals surface area contributed by atoms with Gasteiger partial charge >= 0.3 is 0 Å². The van der Waals surface area contributed by atoms with Gasteiger partial charge in [0.2, 0.25) is 0 Å². The predicted molar refractivity (Wildman–Crippen MR) is 59.2 cm³/mol. The lowest BCUT2D eigenvalue weighted by Crippen LogP contribution is -2.01. The molecular formula is C10H14N2OS. The van der Waals surface area contributed by atoms with E-state index >= 15 is 0 Å². The average Bonchev–Trinajstić information content (AvgIpc) is 3.01. The van der Waals surface area contributed by atoms with Crippen molar-refractivity contribution in [3.8, 4) is 5.75 Å². The van der Waals surface area contributed by atoms with Crippen molar-refractivity contribution in [3.63, 3.8) is 0 Å². The topological polar surface area (TPSA) is 34.1 Å². The minimum absolute atomic E-state index is 0.418. The zero-order valence-corrected chi connectivity index (χ0v) is 9.23. The lowest BCUT2D eigenvalue weighted by Gasteiger charge is -2.12. The molecule has 0 saturated heterocycles. The van der Waals surface area contributed by atoms with Crippen LogP contribution in [0.1, 0.15) is 12.8 Å². The molecule has 1 aromatic rings. The number of nitrogens with one attached hydrogen (secondary N) is 1. The molecule has 1 saturated carbocycles. The summed E-state index contributed by atoms with van der Waals surface area (Å²) in [6.45, 7) is 0. The van der Waals surface area contributed by atoms with Crippen molar-refractivity contribution in [2.75, 3.05) is 18.6 Å². The Morgan fingerprint density at radius 1 is 1.50 bits per heavy atom. The van der Waals surface area contributed by atoms with E-state index in [4.69, 9.17) is 4.74 Å². The third-order valence-electron chi connectivity index (χ3n) is 2.16. The highest BCUT2D eigenvalue weighted by Crippen LogP contribution is 2.36. The number of pyridine rings is 1. The zero-order chi connectivity index (χ0) is 9.97. The minimum atomic E-state index is 0.418. The van der Waals surface area contributed by atoms with Crippen LogP contribution in [-0.4, -0.2) is 24.4 Å². The molecule has 0 aliphatic heterocycles. The van der Waals surface area contributed by atoms with Crippen molar-refractivity contribution >= 4 is 17.4 Å². The van der Waals surface area contributed by atoms with Crippen LogP contribution in [0.15, 0.2) is 17.3 Å². The van der Waals surface area contributed by atoms with Crippen LogP contribution in [0.25, 0.3) is 0 Å². The van der Waals surface area contributed by atoms with Crippen LogP contribution in [0, 0.1) is 0 Å². The first-order valence-electron chi connectivity index (χ1n) is 4.71. The van der Waals surface area contributed by atoms with Crippen LogP contribution in [-0.2, 0) is 0 Å². The molecule has 1 aliphatic carbocycles. The van der Waals surface area contributed by atoms with Gasteiger partial charge in [0, 0.05) is 13.2 Å². The summed E-state index contributed by atoms with van der Waals surface area (Å²) in [5, 5.41) is 3.16. The molecule has 0 bridgehead atoms. The minimum Gasteiger partial charge on any atom is -0.487 e. The fraction of sp³-hybridized carbons (Fsp3) is 0.500. The highest BCUT2D eigenvalue weighted by Gasteiger charge is 2.25. The fourth-order valence-corrected chi connectivity index (χ4v) is 1.85. The average molecular weight is 210 g/mol. The van der Waals surface area contributed by atoms with Crippen molar-refractivity contribution in [2.24, 2.45) is 0 Å². The van der Waals surface area contributed by atoms with Crippen molar-refractivity contribution < 1.29 is 4.74 Å². The first kappa shape index (κ1) is 9.65. The van der Waals surface area contributed by atoms with Crippen molar-refractivity contribution in [2.45, 2.75) is 23.8 Å². The highest BCUT2D eigenvalue weighted by atomic mass is 32.2. The van der Waals surface area contributed by atoms with Gasteiger partial charge in [0.1, 0.15) is 0 Å². The summed E-state index contributed by atoms with van der Waals surface area (Å²) in [5.74, 6) is 0.877. The van der Waals surface area contributed by atoms with Gasteiger partial charge in [0.05, 0.1) is 22.9 Å². The normalized spacial score (nSPS) is 15.3. The van der Waals surface area contributed by atoms with Crippen LogP contribution in [0.3, 0.4) is 0 Å². The van der Waals surface area contributed by atoms with Crippen LogP contribution in [0.2, 0.25) is 0 Å². The smallest absolute Gasteiger partial charge is 0.162 e. The maximum atomic E-state index is 5.75. The summed E-state index contributed by atoms with van der Waals surface area (Å²) in [6, 6.07) is 0. The maximum Gasteiger partial charge on any atom is 0.162 e. The van der Waals surface area contributed by atoms with Gasteiger partial charge in [-0.15, -0.1) is 11.8 Å². The maximum absolute atomic E-state index is 5.75. The van der Waals surface area contributed by atoms with Gasteiger partial charge in [0.15, 0.2) is 5.75 Å². The zero-order valence-electron chi connectivity index (χ0n) is 8.41. The highest BCUT2D eigenvalue weighted by molar-refractivity contribution is 7.98. The van der Waals surface area contributed by atoms with Crippen LogP contribution in [0.4, 0.5) is 5.69 Å². The molecule has 1 aromatic heterocycles. The van der Waals surface area contributed by atoms with E-state index in [2.05, 4.69) is 10.3 Å². The Hall–Kier alpha value is -0.900. The first-order chi connectivity index (χ1) is 6.85. The Bertz CT molecular complexity index is 326. The number of hydrogen-bond donors (Lipinski definition) is 1. The molecule has 14 heavy (non-hydrogen) atoms. The van der Waals surface area contributed by atoms with E-state index in [1.165, 1.54) is 12.8 Å². The van der Waals surface area contributed by atoms with E-state index < -0.39 is 0 Å². The van der Waals surface area contributed by atoms with E-state index in [1.807, 2.05) is 19.5 Å². The molecule has 0 aromatic carbocycles. The Morgan fingerprint density at radius 2 is 2.29 bits per heavy atom. The summed E-state index contributed by atoms with van der Waals surface area (Å²) in [5.41, 5.74) is 1.06. The second-order valence-electron chi connectivity index (χ2n) is 3.28. The monoisotopic (exact) mass is 210 g/mol. The van der Waals surface area contributed by atoms with Gasteiger partial charge in [-0.05, 0) is 19.1 Å². The quantitative estimate of drug-likeness (QED) is 0.774. The number of ether oxygens (including phenoxy) is 1. The van der Waals surface area contributed by atoms with Crippen molar-refractivity contribution in [3.05, 3.63) is 12.4 Å². The van der Waals surface area contributed by atoms with E-state index in [-0.39, 0.29) is 0 Å². The van der Waals surface area contributed by atoms with E-state index in [0.29, 0.717) is 6.10 Å². The number of thioether (sulfide) groups is 1. The van der Waals surface area contributed by atoms with Gasteiger partial charge in [-0.1, -0.05) is 0 Å².